The molecule has 0 aliphatic carbocycles. The molecule has 0 aromatic heterocycles. The molecule has 24 heavy (non-hydrogen) atoms. The van der Waals surface area contributed by atoms with Gasteiger partial charge in [0.1, 0.15) is 5.82 Å². The van der Waals surface area contributed by atoms with Gasteiger partial charge in [0.25, 0.3) is 0 Å². The van der Waals surface area contributed by atoms with E-state index >= 15 is 0 Å². The molecule has 1 heterocycles. The summed E-state index contributed by atoms with van der Waals surface area (Å²) in [6, 6.07) is 8.10. The third kappa shape index (κ3) is 2.54. The molecule has 3 rings (SSSR count). The van der Waals surface area contributed by atoms with E-state index in [2.05, 4.69) is 5.32 Å². The fourth-order valence-electron chi connectivity index (χ4n) is 3.14. The van der Waals surface area contributed by atoms with Crippen LogP contribution in [0.5, 0.6) is 17.2 Å². The molecule has 2 aromatic carbocycles. The standard InChI is InChI=1S/C18H18FNO4/c1-22-14-9-13-16(18(24-3)17(14)23-2)11(8-15(21)20-13)10-6-4-5-7-12(10)19/h4-7,9,11H,8H2,1-3H3,(H,20,21). The van der Waals surface area contributed by atoms with Crippen molar-refractivity contribution in [1.82, 2.24) is 0 Å². The van der Waals surface area contributed by atoms with Gasteiger partial charge in [-0.25, -0.2) is 4.39 Å². The quantitative estimate of drug-likeness (QED) is 0.934. The molecule has 6 heteroatoms. The number of carbonyl (C=O) groups excluding carboxylic acids is 1. The molecule has 1 atom stereocenters. The van der Waals surface area contributed by atoms with Gasteiger partial charge in [0.15, 0.2) is 11.5 Å². The van der Waals surface area contributed by atoms with Crippen molar-refractivity contribution in [2.45, 2.75) is 12.3 Å². The second-order valence-corrected chi connectivity index (χ2v) is 5.43. The number of ether oxygens (including phenoxy) is 3. The Labute approximate surface area is 139 Å². The fraction of sp³-hybridized carbons (Fsp3) is 0.278. The van der Waals surface area contributed by atoms with Crippen LogP contribution in [0, 0.1) is 5.82 Å². The number of hydrogen-bond acceptors (Lipinski definition) is 4. The van der Waals surface area contributed by atoms with Crippen molar-refractivity contribution in [3.05, 3.63) is 47.3 Å². The molecular formula is C18H18FNO4. The lowest BCUT2D eigenvalue weighted by Gasteiger charge is -2.29. The molecule has 5 nitrogen and oxygen atoms in total. The Kier molecular flexibility index (Phi) is 4.29. The van der Waals surface area contributed by atoms with Crippen LogP contribution in [-0.2, 0) is 4.79 Å². The molecule has 0 spiro atoms. The van der Waals surface area contributed by atoms with Crippen molar-refractivity contribution in [3.63, 3.8) is 0 Å². The molecule has 0 radical (unpaired) electrons. The number of carbonyl (C=O) groups is 1. The third-order valence-electron chi connectivity index (χ3n) is 4.16. The summed E-state index contributed by atoms with van der Waals surface area (Å²) >= 11 is 0. The maximum Gasteiger partial charge on any atom is 0.225 e. The number of methoxy groups -OCH3 is 3. The summed E-state index contributed by atoms with van der Waals surface area (Å²) in [5, 5.41) is 2.80. The van der Waals surface area contributed by atoms with Gasteiger partial charge in [0.2, 0.25) is 11.7 Å². The number of rotatable bonds is 4. The van der Waals surface area contributed by atoms with Crippen LogP contribution >= 0.6 is 0 Å². The Morgan fingerprint density at radius 3 is 2.42 bits per heavy atom. The van der Waals surface area contributed by atoms with Crippen molar-refractivity contribution < 1.29 is 23.4 Å². The lowest BCUT2D eigenvalue weighted by Crippen LogP contribution is -2.25. The van der Waals surface area contributed by atoms with Crippen molar-refractivity contribution in [1.29, 1.82) is 0 Å². The summed E-state index contributed by atoms with van der Waals surface area (Å²) in [7, 11) is 4.52. The molecule has 0 fully saturated rings. The normalized spacial score (nSPS) is 16.2. The van der Waals surface area contributed by atoms with Crippen LogP contribution < -0.4 is 19.5 Å². The molecule has 2 aromatic rings. The van der Waals surface area contributed by atoms with Gasteiger partial charge in [-0.1, -0.05) is 18.2 Å². The molecule has 1 aliphatic rings. The molecular weight excluding hydrogens is 313 g/mol. The number of amides is 1. The first kappa shape index (κ1) is 16.1. The Balaban J connectivity index is 2.28. The number of fused-ring (bicyclic) bond motifs is 1. The number of anilines is 1. The molecule has 0 saturated heterocycles. The van der Waals surface area contributed by atoms with Crippen LogP contribution in [0.15, 0.2) is 30.3 Å². The van der Waals surface area contributed by atoms with Gasteiger partial charge in [0, 0.05) is 24.0 Å². The van der Waals surface area contributed by atoms with E-state index in [4.69, 9.17) is 14.2 Å². The lowest BCUT2D eigenvalue weighted by molar-refractivity contribution is -0.116. The first-order valence-corrected chi connectivity index (χ1v) is 7.47. The van der Waals surface area contributed by atoms with Gasteiger partial charge in [0.05, 0.1) is 27.0 Å². The molecule has 1 amide bonds. The largest absolute Gasteiger partial charge is 0.493 e. The zero-order valence-corrected chi connectivity index (χ0v) is 13.7. The van der Waals surface area contributed by atoms with E-state index in [0.717, 1.165) is 0 Å². The Hall–Kier alpha value is -2.76. The second kappa shape index (κ2) is 6.39. The minimum atomic E-state index is -0.468. The highest BCUT2D eigenvalue weighted by Crippen LogP contribution is 2.51. The first-order chi connectivity index (χ1) is 11.6. The lowest BCUT2D eigenvalue weighted by atomic mass is 9.83. The Morgan fingerprint density at radius 1 is 1.08 bits per heavy atom. The molecule has 0 bridgehead atoms. The van der Waals surface area contributed by atoms with Crippen LogP contribution in [0.25, 0.3) is 0 Å². The first-order valence-electron chi connectivity index (χ1n) is 7.47. The van der Waals surface area contributed by atoms with Crippen LogP contribution in [0.3, 0.4) is 0 Å². The minimum absolute atomic E-state index is 0.125. The maximum absolute atomic E-state index is 14.3. The Morgan fingerprint density at radius 2 is 1.79 bits per heavy atom. The predicted octanol–water partition coefficient (Wildman–Crippen LogP) is 3.33. The molecule has 0 saturated carbocycles. The average molecular weight is 331 g/mol. The predicted molar refractivity (Wildman–Crippen MR) is 87.6 cm³/mol. The van der Waals surface area contributed by atoms with Crippen LogP contribution in [0.1, 0.15) is 23.5 Å². The van der Waals surface area contributed by atoms with Crippen LogP contribution in [0.4, 0.5) is 10.1 Å². The maximum atomic E-state index is 14.3. The number of halogens is 1. The highest BCUT2D eigenvalue weighted by Gasteiger charge is 2.34. The van der Waals surface area contributed by atoms with Crippen LogP contribution in [-0.4, -0.2) is 27.2 Å². The molecule has 1 unspecified atom stereocenters. The zero-order valence-electron chi connectivity index (χ0n) is 13.7. The van der Waals surface area contributed by atoms with E-state index in [0.29, 0.717) is 34.1 Å². The van der Waals surface area contributed by atoms with Gasteiger partial charge < -0.3 is 19.5 Å². The van der Waals surface area contributed by atoms with E-state index in [-0.39, 0.29) is 18.1 Å². The fourth-order valence-corrected chi connectivity index (χ4v) is 3.14. The summed E-state index contributed by atoms with van der Waals surface area (Å²) in [6.07, 6.45) is 0.125. The number of benzene rings is 2. The summed E-state index contributed by atoms with van der Waals surface area (Å²) in [6.45, 7) is 0. The molecule has 1 aliphatic heterocycles. The van der Waals surface area contributed by atoms with Gasteiger partial charge in [-0.2, -0.15) is 0 Å². The van der Waals surface area contributed by atoms with Crippen molar-refractivity contribution in [2.75, 3.05) is 26.6 Å². The van der Waals surface area contributed by atoms with E-state index < -0.39 is 5.92 Å². The molecule has 126 valence electrons. The zero-order chi connectivity index (χ0) is 17.3. The van der Waals surface area contributed by atoms with Gasteiger partial charge in [-0.3, -0.25) is 4.79 Å². The second-order valence-electron chi connectivity index (χ2n) is 5.43. The topological polar surface area (TPSA) is 56.8 Å². The summed E-state index contributed by atoms with van der Waals surface area (Å²) < 4.78 is 30.6. The van der Waals surface area contributed by atoms with Crippen LogP contribution in [0.2, 0.25) is 0 Å². The number of nitrogens with one attached hydrogen (secondary N) is 1. The average Bonchev–Trinajstić information content (AvgIpc) is 2.59. The summed E-state index contributed by atoms with van der Waals surface area (Å²) in [5.41, 5.74) is 1.66. The third-order valence-corrected chi connectivity index (χ3v) is 4.16. The van der Waals surface area contributed by atoms with Crippen molar-refractivity contribution >= 4 is 11.6 Å². The highest BCUT2D eigenvalue weighted by atomic mass is 19.1. The van der Waals surface area contributed by atoms with E-state index in [1.54, 1.807) is 24.3 Å². The van der Waals surface area contributed by atoms with Crippen molar-refractivity contribution in [3.8, 4) is 17.2 Å². The van der Waals surface area contributed by atoms with E-state index in [1.165, 1.54) is 27.4 Å². The summed E-state index contributed by atoms with van der Waals surface area (Å²) in [5.74, 6) is 0.258. The van der Waals surface area contributed by atoms with E-state index in [9.17, 15) is 9.18 Å². The van der Waals surface area contributed by atoms with Gasteiger partial charge >= 0.3 is 0 Å². The van der Waals surface area contributed by atoms with E-state index in [1.807, 2.05) is 0 Å². The monoisotopic (exact) mass is 331 g/mol. The number of hydrogen-bond donors (Lipinski definition) is 1. The SMILES string of the molecule is COc1cc2c(c(OC)c1OC)C(c1ccccc1F)CC(=O)N2. The smallest absolute Gasteiger partial charge is 0.225 e. The van der Waals surface area contributed by atoms with Gasteiger partial charge in [-0.05, 0) is 11.6 Å². The molecule has 1 N–H and O–H groups in total. The summed E-state index contributed by atoms with van der Waals surface area (Å²) in [4.78, 5) is 12.1. The van der Waals surface area contributed by atoms with Gasteiger partial charge in [-0.15, -0.1) is 0 Å². The van der Waals surface area contributed by atoms with Crippen molar-refractivity contribution in [2.24, 2.45) is 0 Å². The minimum Gasteiger partial charge on any atom is -0.493 e. The Bertz CT molecular complexity index is 791. The highest BCUT2D eigenvalue weighted by molar-refractivity contribution is 5.97.